The molecule has 16 heavy (non-hydrogen) atoms. The van der Waals surface area contributed by atoms with E-state index in [0.717, 1.165) is 9.13 Å². The molecule has 1 atom stereocenters. The Kier molecular flexibility index (Phi) is 4.15. The minimum absolute atomic E-state index is 0.828. The Morgan fingerprint density at radius 3 is 2.44 bits per heavy atom. The van der Waals surface area contributed by atoms with Crippen LogP contribution in [0, 0.1) is 14.9 Å². The number of rotatable bonds is 3. The van der Waals surface area contributed by atoms with E-state index in [1.54, 1.807) is 0 Å². The van der Waals surface area contributed by atoms with Crippen LogP contribution in [0.2, 0.25) is 19.6 Å². The Bertz CT molecular complexity index is 422. The molecule has 0 radical (unpaired) electrons. The normalized spacial score (nSPS) is 15.2. The molecule has 0 saturated carbocycles. The van der Waals surface area contributed by atoms with Gasteiger partial charge in [-0.1, -0.05) is 12.1 Å². The first kappa shape index (κ1) is 13.7. The second-order valence-electron chi connectivity index (χ2n) is 4.87. The first-order valence-electron chi connectivity index (χ1n) is 5.14. The summed E-state index contributed by atoms with van der Waals surface area (Å²) in [6.45, 7) is 8.13. The quantitative estimate of drug-likeness (QED) is 0.615. The first-order chi connectivity index (χ1) is 7.27. The lowest BCUT2D eigenvalue weighted by molar-refractivity contribution is 0.141. The van der Waals surface area contributed by atoms with Crippen LogP contribution in [0.15, 0.2) is 24.3 Å². The molecule has 86 valence electrons. The average Bonchev–Trinajstić information content (AvgIpc) is 2.15. The third kappa shape index (κ3) is 3.58. The maximum absolute atomic E-state index is 9.34. The maximum atomic E-state index is 9.34. The van der Waals surface area contributed by atoms with E-state index >= 15 is 0 Å². The van der Waals surface area contributed by atoms with Gasteiger partial charge in [-0.05, 0) is 66.9 Å². The summed E-state index contributed by atoms with van der Waals surface area (Å²) in [6.07, 6.45) is 0. The van der Waals surface area contributed by atoms with Crippen molar-refractivity contribution in [2.75, 3.05) is 0 Å². The van der Waals surface area contributed by atoms with Crippen LogP contribution >= 0.6 is 22.6 Å². The maximum Gasteiger partial charge on any atom is 0.186 e. The smallest absolute Gasteiger partial charge is 0.186 e. The number of hydrogen-bond donors (Lipinski definition) is 0. The van der Waals surface area contributed by atoms with Crippen LogP contribution in [0.1, 0.15) is 12.5 Å². The van der Waals surface area contributed by atoms with E-state index in [0.29, 0.717) is 0 Å². The van der Waals surface area contributed by atoms with Gasteiger partial charge in [-0.3, -0.25) is 0 Å². The average molecular weight is 345 g/mol. The van der Waals surface area contributed by atoms with Gasteiger partial charge in [-0.15, -0.1) is 0 Å². The van der Waals surface area contributed by atoms with E-state index in [1.165, 1.54) is 0 Å². The molecule has 1 rings (SSSR count). The highest BCUT2D eigenvalue weighted by atomic mass is 127. The molecule has 0 saturated heterocycles. The van der Waals surface area contributed by atoms with Crippen LogP contribution in [0.4, 0.5) is 0 Å². The van der Waals surface area contributed by atoms with Gasteiger partial charge in [0.25, 0.3) is 0 Å². The first-order valence-corrected chi connectivity index (χ1v) is 9.63. The van der Waals surface area contributed by atoms with E-state index in [4.69, 9.17) is 4.43 Å². The van der Waals surface area contributed by atoms with Gasteiger partial charge in [-0.25, -0.2) is 0 Å². The summed E-state index contributed by atoms with van der Waals surface area (Å²) in [5, 5.41) is 9.34. The lowest BCUT2D eigenvalue weighted by Crippen LogP contribution is -2.37. The summed E-state index contributed by atoms with van der Waals surface area (Å²) < 4.78 is 7.11. The largest absolute Gasteiger partial charge is 0.397 e. The molecular formula is C12H16INOSi. The highest BCUT2D eigenvalue weighted by Crippen LogP contribution is 2.29. The molecule has 2 nitrogen and oxygen atoms in total. The van der Waals surface area contributed by atoms with Crippen molar-refractivity contribution >= 4 is 30.9 Å². The highest BCUT2D eigenvalue weighted by Gasteiger charge is 2.33. The SMILES string of the molecule is CC(C#N)(O[Si](C)(C)C)c1cccc(I)c1. The minimum Gasteiger partial charge on any atom is -0.397 e. The molecule has 0 aliphatic rings. The number of halogens is 1. The molecule has 0 amide bonds. The minimum atomic E-state index is -1.74. The van der Waals surface area contributed by atoms with Gasteiger partial charge in [0.05, 0.1) is 0 Å². The molecule has 0 heterocycles. The Labute approximate surface area is 112 Å². The summed E-state index contributed by atoms with van der Waals surface area (Å²) in [4.78, 5) is 0. The monoisotopic (exact) mass is 345 g/mol. The molecule has 0 aromatic heterocycles. The number of hydrogen-bond acceptors (Lipinski definition) is 2. The third-order valence-corrected chi connectivity index (χ3v) is 3.79. The zero-order valence-electron chi connectivity index (χ0n) is 10.0. The molecule has 0 spiro atoms. The van der Waals surface area contributed by atoms with Crippen molar-refractivity contribution in [3.05, 3.63) is 33.4 Å². The number of nitrogens with zero attached hydrogens (tertiary/aromatic N) is 1. The van der Waals surface area contributed by atoms with Crippen LogP contribution in [0.3, 0.4) is 0 Å². The molecule has 1 unspecified atom stereocenters. The van der Waals surface area contributed by atoms with Gasteiger partial charge < -0.3 is 4.43 Å². The van der Waals surface area contributed by atoms with Gasteiger partial charge in [-0.2, -0.15) is 5.26 Å². The zero-order chi connectivity index (χ0) is 12.4. The highest BCUT2D eigenvalue weighted by molar-refractivity contribution is 14.1. The van der Waals surface area contributed by atoms with Gasteiger partial charge >= 0.3 is 0 Å². The van der Waals surface area contributed by atoms with Crippen LogP contribution in [-0.2, 0) is 10.0 Å². The fourth-order valence-corrected chi connectivity index (χ4v) is 3.48. The zero-order valence-corrected chi connectivity index (χ0v) is 13.2. The molecular weight excluding hydrogens is 329 g/mol. The predicted molar refractivity (Wildman–Crippen MR) is 76.6 cm³/mol. The molecule has 0 N–H and O–H groups in total. The van der Waals surface area contributed by atoms with Crippen LogP contribution in [0.5, 0.6) is 0 Å². The number of benzene rings is 1. The molecule has 0 aliphatic heterocycles. The fraction of sp³-hybridized carbons (Fsp3) is 0.417. The van der Waals surface area contributed by atoms with Gasteiger partial charge in [0.15, 0.2) is 13.9 Å². The van der Waals surface area contributed by atoms with E-state index in [2.05, 4.69) is 48.3 Å². The van der Waals surface area contributed by atoms with Gasteiger partial charge in [0.1, 0.15) is 6.07 Å². The van der Waals surface area contributed by atoms with Gasteiger partial charge in [0.2, 0.25) is 0 Å². The molecule has 1 aromatic carbocycles. The predicted octanol–water partition coefficient (Wildman–Crippen LogP) is 3.88. The summed E-state index contributed by atoms with van der Waals surface area (Å²) >= 11 is 2.25. The Morgan fingerprint density at radius 1 is 1.38 bits per heavy atom. The summed E-state index contributed by atoms with van der Waals surface area (Å²) in [6, 6.07) is 10.2. The van der Waals surface area contributed by atoms with Crippen molar-refractivity contribution < 1.29 is 4.43 Å². The van der Waals surface area contributed by atoms with Crippen LogP contribution < -0.4 is 0 Å². The van der Waals surface area contributed by atoms with Gasteiger partial charge in [0, 0.05) is 3.57 Å². The third-order valence-electron chi connectivity index (χ3n) is 2.10. The summed E-state index contributed by atoms with van der Waals surface area (Å²) in [7, 11) is -1.74. The van der Waals surface area contributed by atoms with Crippen molar-refractivity contribution in [2.24, 2.45) is 0 Å². The standard InChI is InChI=1S/C12H16INOSi/c1-12(9-14,15-16(2,3)4)10-6-5-7-11(13)8-10/h5-8H,1-4H3. The van der Waals surface area contributed by atoms with Crippen molar-refractivity contribution in [1.29, 1.82) is 5.26 Å². The Morgan fingerprint density at radius 2 is 2.00 bits per heavy atom. The van der Waals surface area contributed by atoms with Crippen molar-refractivity contribution in [2.45, 2.75) is 32.2 Å². The van der Waals surface area contributed by atoms with E-state index in [9.17, 15) is 5.26 Å². The number of nitriles is 1. The van der Waals surface area contributed by atoms with E-state index in [-0.39, 0.29) is 0 Å². The molecule has 0 fully saturated rings. The lowest BCUT2D eigenvalue weighted by Gasteiger charge is -2.30. The fourth-order valence-electron chi connectivity index (χ4n) is 1.54. The topological polar surface area (TPSA) is 33.0 Å². The van der Waals surface area contributed by atoms with E-state index < -0.39 is 13.9 Å². The van der Waals surface area contributed by atoms with Crippen molar-refractivity contribution in [3.63, 3.8) is 0 Å². The Hall–Kier alpha value is -0.383. The summed E-state index contributed by atoms with van der Waals surface area (Å²) in [5.74, 6) is 0. The lowest BCUT2D eigenvalue weighted by atomic mass is 9.98. The van der Waals surface area contributed by atoms with Crippen molar-refractivity contribution in [3.8, 4) is 6.07 Å². The van der Waals surface area contributed by atoms with Crippen LogP contribution in [0.25, 0.3) is 0 Å². The van der Waals surface area contributed by atoms with Crippen molar-refractivity contribution in [1.82, 2.24) is 0 Å². The second kappa shape index (κ2) is 4.86. The summed E-state index contributed by atoms with van der Waals surface area (Å²) in [5.41, 5.74) is 0.107. The van der Waals surface area contributed by atoms with E-state index in [1.807, 2.05) is 31.2 Å². The molecule has 4 heteroatoms. The van der Waals surface area contributed by atoms with Crippen LogP contribution in [-0.4, -0.2) is 8.32 Å². The molecule has 0 bridgehead atoms. The molecule has 0 aliphatic carbocycles. The molecule has 1 aromatic rings. The second-order valence-corrected chi connectivity index (χ2v) is 10.5. The Balaban J connectivity index is 3.11.